The first-order valence-corrected chi connectivity index (χ1v) is 14.4. The largest absolute Gasteiger partial charge is 0.480 e. The van der Waals surface area contributed by atoms with E-state index in [4.69, 9.17) is 14.6 Å². The van der Waals surface area contributed by atoms with Gasteiger partial charge < -0.3 is 35.6 Å². The van der Waals surface area contributed by atoms with Crippen molar-refractivity contribution in [3.63, 3.8) is 0 Å². The van der Waals surface area contributed by atoms with Crippen LogP contribution < -0.4 is 16.0 Å². The van der Waals surface area contributed by atoms with E-state index < -0.39 is 36.2 Å². The normalized spacial score (nSPS) is 14.7. The number of carbonyl (C=O) groups is 5. The number of unbranched alkanes of at least 4 members (excludes halogenated alkanes) is 3. The SMILES string of the molecule is CCC(C)C(C)C(=O)OC(C)(CC)CCOCCCCCC(=O)NCCCCC(NC(=O)NCC(=O)O)C(=O)O. The van der Waals surface area contributed by atoms with E-state index in [0.29, 0.717) is 51.9 Å². The molecule has 0 aromatic heterocycles. The van der Waals surface area contributed by atoms with E-state index in [1.54, 1.807) is 0 Å². The van der Waals surface area contributed by atoms with Crippen molar-refractivity contribution in [3.05, 3.63) is 0 Å². The van der Waals surface area contributed by atoms with E-state index in [1.807, 2.05) is 20.8 Å². The molecule has 40 heavy (non-hydrogen) atoms. The lowest BCUT2D eigenvalue weighted by Gasteiger charge is -2.31. The van der Waals surface area contributed by atoms with Crippen LogP contribution >= 0.6 is 0 Å². The third-order valence-corrected chi connectivity index (χ3v) is 7.18. The molecular weight excluding hydrogens is 522 g/mol. The maximum atomic E-state index is 12.5. The molecule has 0 radical (unpaired) electrons. The van der Waals surface area contributed by atoms with Crippen molar-refractivity contribution in [2.24, 2.45) is 11.8 Å². The predicted molar refractivity (Wildman–Crippen MR) is 150 cm³/mol. The number of nitrogens with one attached hydrogen (secondary N) is 3. The van der Waals surface area contributed by atoms with E-state index >= 15 is 0 Å². The lowest BCUT2D eigenvalue weighted by Crippen LogP contribution is -2.47. The van der Waals surface area contributed by atoms with Crippen LogP contribution in [0.2, 0.25) is 0 Å². The Morgan fingerprint density at radius 3 is 2.20 bits per heavy atom. The topological polar surface area (TPSA) is 180 Å². The lowest BCUT2D eigenvalue weighted by molar-refractivity contribution is -0.166. The van der Waals surface area contributed by atoms with Crippen molar-refractivity contribution >= 4 is 29.8 Å². The van der Waals surface area contributed by atoms with E-state index in [1.165, 1.54) is 0 Å². The maximum Gasteiger partial charge on any atom is 0.326 e. The molecule has 4 atom stereocenters. The first-order valence-electron chi connectivity index (χ1n) is 14.4. The van der Waals surface area contributed by atoms with Gasteiger partial charge >= 0.3 is 23.9 Å². The molecule has 0 aliphatic carbocycles. The van der Waals surface area contributed by atoms with Gasteiger partial charge in [-0.1, -0.05) is 40.5 Å². The molecule has 4 unspecified atom stereocenters. The minimum Gasteiger partial charge on any atom is -0.480 e. The van der Waals surface area contributed by atoms with Crippen LogP contribution in [0.4, 0.5) is 4.79 Å². The van der Waals surface area contributed by atoms with E-state index in [0.717, 1.165) is 25.7 Å². The summed E-state index contributed by atoms with van der Waals surface area (Å²) in [5.74, 6) is -2.53. The number of urea groups is 1. The highest BCUT2D eigenvalue weighted by atomic mass is 16.6. The Labute approximate surface area is 238 Å². The van der Waals surface area contributed by atoms with Gasteiger partial charge in [-0.3, -0.25) is 14.4 Å². The van der Waals surface area contributed by atoms with Gasteiger partial charge in [-0.25, -0.2) is 9.59 Å². The Hall–Kier alpha value is -2.89. The number of hydrogen-bond acceptors (Lipinski definition) is 7. The number of amides is 3. The highest BCUT2D eigenvalue weighted by molar-refractivity contribution is 5.84. The van der Waals surface area contributed by atoms with Gasteiger partial charge in [0.1, 0.15) is 18.2 Å². The molecule has 0 fully saturated rings. The van der Waals surface area contributed by atoms with Crippen LogP contribution in [0.25, 0.3) is 0 Å². The number of aliphatic carboxylic acids is 2. The minimum absolute atomic E-state index is 0.0750. The van der Waals surface area contributed by atoms with Crippen LogP contribution in [0.5, 0.6) is 0 Å². The Morgan fingerprint density at radius 1 is 0.900 bits per heavy atom. The van der Waals surface area contributed by atoms with Gasteiger partial charge in [0.25, 0.3) is 0 Å². The summed E-state index contributed by atoms with van der Waals surface area (Å²) in [4.78, 5) is 57.7. The van der Waals surface area contributed by atoms with Crippen molar-refractivity contribution in [3.8, 4) is 0 Å². The third-order valence-electron chi connectivity index (χ3n) is 7.18. The Kier molecular flexibility index (Phi) is 19.4. The molecule has 0 saturated heterocycles. The molecule has 0 rings (SSSR count). The summed E-state index contributed by atoms with van der Waals surface area (Å²) in [5, 5.41) is 24.8. The van der Waals surface area contributed by atoms with E-state index in [2.05, 4.69) is 29.8 Å². The second-order valence-corrected chi connectivity index (χ2v) is 10.5. The number of hydrogen-bond donors (Lipinski definition) is 5. The summed E-state index contributed by atoms with van der Waals surface area (Å²) < 4.78 is 11.6. The summed E-state index contributed by atoms with van der Waals surface area (Å²) >= 11 is 0. The smallest absolute Gasteiger partial charge is 0.326 e. The number of rotatable bonds is 23. The number of ether oxygens (including phenoxy) is 2. The fourth-order valence-corrected chi connectivity index (χ4v) is 3.69. The standard InChI is InChI=1S/C28H51N3O9/c1-6-20(3)21(4)26(37)40-28(5,7-2)15-18-39-17-12-8-9-14-23(32)29-16-11-10-13-22(25(35)36)31-27(38)30-19-24(33)34/h20-22H,6-19H2,1-5H3,(H,29,32)(H,33,34)(H,35,36)(H2,30,31,38). The second-order valence-electron chi connectivity index (χ2n) is 10.5. The molecule has 12 nitrogen and oxygen atoms in total. The van der Waals surface area contributed by atoms with Crippen molar-refractivity contribution in [1.82, 2.24) is 16.0 Å². The van der Waals surface area contributed by atoms with Crippen LogP contribution in [0.15, 0.2) is 0 Å². The molecule has 0 aromatic carbocycles. The summed E-state index contributed by atoms with van der Waals surface area (Å²) in [5.41, 5.74) is -0.543. The summed E-state index contributed by atoms with van der Waals surface area (Å²) in [6, 6.07) is -2.00. The number of esters is 1. The van der Waals surface area contributed by atoms with Crippen LogP contribution in [-0.4, -0.2) is 78.0 Å². The third kappa shape index (κ3) is 17.6. The molecule has 0 saturated carbocycles. The fourth-order valence-electron chi connectivity index (χ4n) is 3.69. The van der Waals surface area contributed by atoms with Gasteiger partial charge in [0.2, 0.25) is 5.91 Å². The first-order chi connectivity index (χ1) is 18.8. The summed E-state index contributed by atoms with van der Waals surface area (Å²) in [7, 11) is 0. The van der Waals surface area contributed by atoms with Crippen LogP contribution in [0.1, 0.15) is 98.8 Å². The van der Waals surface area contributed by atoms with Gasteiger partial charge in [-0.2, -0.15) is 0 Å². The predicted octanol–water partition coefficient (Wildman–Crippen LogP) is 3.47. The van der Waals surface area contributed by atoms with Crippen molar-refractivity contribution < 1.29 is 43.7 Å². The zero-order valence-electron chi connectivity index (χ0n) is 24.9. The minimum atomic E-state index is -1.23. The van der Waals surface area contributed by atoms with Crippen LogP contribution in [-0.2, 0) is 28.7 Å². The fraction of sp³-hybridized carbons (Fsp3) is 0.821. The molecule has 0 aliphatic heterocycles. The average molecular weight is 574 g/mol. The quantitative estimate of drug-likeness (QED) is 0.0903. The molecular formula is C28H51N3O9. The van der Waals surface area contributed by atoms with Crippen molar-refractivity contribution in [2.75, 3.05) is 26.3 Å². The molecule has 5 N–H and O–H groups in total. The van der Waals surface area contributed by atoms with Gasteiger partial charge in [-0.05, 0) is 51.4 Å². The molecule has 3 amide bonds. The van der Waals surface area contributed by atoms with Gasteiger partial charge in [-0.15, -0.1) is 0 Å². The highest BCUT2D eigenvalue weighted by Crippen LogP contribution is 2.25. The molecule has 12 heteroatoms. The molecule has 0 aliphatic rings. The highest BCUT2D eigenvalue weighted by Gasteiger charge is 2.30. The zero-order chi connectivity index (χ0) is 30.6. The zero-order valence-corrected chi connectivity index (χ0v) is 24.9. The summed E-state index contributed by atoms with van der Waals surface area (Å²) in [6.45, 7) is 10.9. The van der Waals surface area contributed by atoms with Crippen LogP contribution in [0.3, 0.4) is 0 Å². The Morgan fingerprint density at radius 2 is 1.60 bits per heavy atom. The van der Waals surface area contributed by atoms with Gasteiger partial charge in [0, 0.05) is 26.0 Å². The maximum absolute atomic E-state index is 12.5. The van der Waals surface area contributed by atoms with E-state index in [9.17, 15) is 29.1 Å². The molecule has 0 aromatic rings. The number of carboxylic acid groups (broad SMARTS) is 2. The van der Waals surface area contributed by atoms with Crippen LogP contribution in [0, 0.1) is 11.8 Å². The molecule has 232 valence electrons. The van der Waals surface area contributed by atoms with Crippen molar-refractivity contribution in [2.45, 2.75) is 110 Å². The molecule has 0 spiro atoms. The van der Waals surface area contributed by atoms with Crippen molar-refractivity contribution in [1.29, 1.82) is 0 Å². The Bertz CT molecular complexity index is 793. The van der Waals surface area contributed by atoms with Gasteiger partial charge in [0.15, 0.2) is 0 Å². The molecule has 0 heterocycles. The van der Waals surface area contributed by atoms with Gasteiger partial charge in [0.05, 0.1) is 12.5 Å². The van der Waals surface area contributed by atoms with E-state index in [-0.39, 0.29) is 30.1 Å². The number of carboxylic acids is 2. The summed E-state index contributed by atoms with van der Waals surface area (Å²) in [6.07, 6.45) is 6.22. The molecule has 0 bridgehead atoms. The Balaban J connectivity index is 3.95. The average Bonchev–Trinajstić information content (AvgIpc) is 2.91. The second kappa shape index (κ2) is 20.9. The lowest BCUT2D eigenvalue weighted by atomic mass is 9.93. The number of carbonyl (C=O) groups excluding carboxylic acids is 3. The monoisotopic (exact) mass is 573 g/mol. The first kappa shape index (κ1) is 37.1.